The summed E-state index contributed by atoms with van der Waals surface area (Å²) in [5.41, 5.74) is 1.63. The maximum Gasteiger partial charge on any atom is 0.328 e. The van der Waals surface area contributed by atoms with Crippen molar-refractivity contribution >= 4 is 23.6 Å². The van der Waals surface area contributed by atoms with Crippen LogP contribution < -0.4 is 9.47 Å². The number of carboxylic acids is 1. The van der Waals surface area contributed by atoms with Gasteiger partial charge in [0, 0.05) is 6.08 Å². The number of hydrogen-bond acceptors (Lipinski definition) is 3. The van der Waals surface area contributed by atoms with Crippen molar-refractivity contribution in [1.82, 2.24) is 0 Å². The van der Waals surface area contributed by atoms with E-state index in [1.54, 1.807) is 12.1 Å². The van der Waals surface area contributed by atoms with Crippen LogP contribution in [0.4, 0.5) is 0 Å². The highest BCUT2D eigenvalue weighted by Gasteiger charge is 2.11. The molecule has 0 fully saturated rings. The Hall–Kier alpha value is -2.46. The fourth-order valence-corrected chi connectivity index (χ4v) is 2.15. The van der Waals surface area contributed by atoms with Gasteiger partial charge in [0.15, 0.2) is 11.5 Å². The molecule has 114 valence electrons. The lowest BCUT2D eigenvalue weighted by Gasteiger charge is -2.13. The number of methoxy groups -OCH3 is 1. The number of ether oxygens (including phenoxy) is 2. The lowest BCUT2D eigenvalue weighted by Crippen LogP contribution is -1.99. The average molecular weight is 319 g/mol. The summed E-state index contributed by atoms with van der Waals surface area (Å²) < 4.78 is 11.0. The summed E-state index contributed by atoms with van der Waals surface area (Å²) in [6, 6.07) is 13.0. The van der Waals surface area contributed by atoms with Gasteiger partial charge >= 0.3 is 5.97 Å². The van der Waals surface area contributed by atoms with Crippen LogP contribution in [-0.2, 0) is 11.4 Å². The van der Waals surface area contributed by atoms with E-state index < -0.39 is 5.97 Å². The first-order chi connectivity index (χ1) is 10.6. The molecule has 2 aromatic rings. The van der Waals surface area contributed by atoms with Crippen molar-refractivity contribution in [2.45, 2.75) is 6.61 Å². The molecule has 5 heteroatoms. The van der Waals surface area contributed by atoms with Gasteiger partial charge in [-0.1, -0.05) is 41.9 Å². The van der Waals surface area contributed by atoms with E-state index in [1.165, 1.54) is 13.2 Å². The molecular formula is C17H15ClO4. The predicted octanol–water partition coefficient (Wildman–Crippen LogP) is 4.03. The summed E-state index contributed by atoms with van der Waals surface area (Å²) in [5.74, 6) is -0.145. The van der Waals surface area contributed by atoms with E-state index in [9.17, 15) is 4.79 Å². The summed E-state index contributed by atoms with van der Waals surface area (Å²) in [4.78, 5) is 10.6. The summed E-state index contributed by atoms with van der Waals surface area (Å²) in [5, 5.41) is 9.02. The lowest BCUT2D eigenvalue weighted by molar-refractivity contribution is -0.131. The third kappa shape index (κ3) is 4.27. The molecule has 0 bridgehead atoms. The molecule has 0 saturated carbocycles. The maximum atomic E-state index is 10.6. The monoisotopic (exact) mass is 318 g/mol. The van der Waals surface area contributed by atoms with Gasteiger partial charge in [-0.25, -0.2) is 4.79 Å². The number of carboxylic acid groups (broad SMARTS) is 1. The van der Waals surface area contributed by atoms with Crippen molar-refractivity contribution in [3.8, 4) is 11.5 Å². The van der Waals surface area contributed by atoms with Crippen molar-refractivity contribution < 1.29 is 19.4 Å². The van der Waals surface area contributed by atoms with Gasteiger partial charge in [0.05, 0.1) is 12.1 Å². The molecule has 0 atom stereocenters. The topological polar surface area (TPSA) is 55.8 Å². The van der Waals surface area contributed by atoms with Gasteiger partial charge < -0.3 is 14.6 Å². The normalized spacial score (nSPS) is 10.6. The Morgan fingerprint density at radius 2 is 2.00 bits per heavy atom. The smallest absolute Gasteiger partial charge is 0.328 e. The molecular weight excluding hydrogens is 304 g/mol. The minimum absolute atomic E-state index is 0.361. The second kappa shape index (κ2) is 7.52. The van der Waals surface area contributed by atoms with Crippen LogP contribution in [0.3, 0.4) is 0 Å². The molecule has 2 rings (SSSR count). The second-order valence-corrected chi connectivity index (χ2v) is 4.89. The van der Waals surface area contributed by atoms with E-state index >= 15 is 0 Å². The van der Waals surface area contributed by atoms with Gasteiger partial charge in [0.1, 0.15) is 6.61 Å². The van der Waals surface area contributed by atoms with Crippen LogP contribution in [0.25, 0.3) is 6.08 Å². The first-order valence-electron chi connectivity index (χ1n) is 6.55. The number of carbonyl (C=O) groups is 1. The predicted molar refractivity (Wildman–Crippen MR) is 85.4 cm³/mol. The first kappa shape index (κ1) is 15.9. The van der Waals surface area contributed by atoms with Crippen LogP contribution in [0, 0.1) is 0 Å². The van der Waals surface area contributed by atoms with Gasteiger partial charge in [-0.3, -0.25) is 0 Å². The molecule has 0 unspecified atom stereocenters. The van der Waals surface area contributed by atoms with Crippen LogP contribution in [0.15, 0.2) is 48.5 Å². The minimum atomic E-state index is -1.03. The Balaban J connectivity index is 2.22. The van der Waals surface area contributed by atoms with Gasteiger partial charge in [-0.15, -0.1) is 0 Å². The van der Waals surface area contributed by atoms with E-state index in [0.29, 0.717) is 28.7 Å². The van der Waals surface area contributed by atoms with E-state index in [0.717, 1.165) is 11.6 Å². The fraction of sp³-hybridized carbons (Fsp3) is 0.118. The molecule has 0 amide bonds. The van der Waals surface area contributed by atoms with Crippen LogP contribution in [-0.4, -0.2) is 18.2 Å². The highest BCUT2D eigenvalue weighted by Crippen LogP contribution is 2.37. The molecule has 22 heavy (non-hydrogen) atoms. The lowest BCUT2D eigenvalue weighted by atomic mass is 10.2. The number of hydrogen-bond donors (Lipinski definition) is 1. The number of aliphatic carboxylic acids is 1. The number of halogens is 1. The minimum Gasteiger partial charge on any atom is -0.493 e. The Kier molecular flexibility index (Phi) is 5.44. The summed E-state index contributed by atoms with van der Waals surface area (Å²) >= 11 is 6.21. The van der Waals surface area contributed by atoms with Crippen molar-refractivity contribution in [3.63, 3.8) is 0 Å². The van der Waals surface area contributed by atoms with Crippen molar-refractivity contribution in [3.05, 3.63) is 64.7 Å². The summed E-state index contributed by atoms with van der Waals surface area (Å²) in [7, 11) is 1.51. The molecule has 0 saturated heterocycles. The molecule has 0 radical (unpaired) electrons. The van der Waals surface area contributed by atoms with Gasteiger partial charge in [0.2, 0.25) is 0 Å². The van der Waals surface area contributed by atoms with Gasteiger partial charge in [-0.05, 0) is 29.3 Å². The van der Waals surface area contributed by atoms with Crippen LogP contribution in [0.5, 0.6) is 11.5 Å². The van der Waals surface area contributed by atoms with E-state index in [4.69, 9.17) is 26.2 Å². The molecule has 4 nitrogen and oxygen atoms in total. The van der Waals surface area contributed by atoms with Crippen LogP contribution in [0.1, 0.15) is 11.1 Å². The average Bonchev–Trinajstić information content (AvgIpc) is 2.52. The van der Waals surface area contributed by atoms with Crippen LogP contribution in [0.2, 0.25) is 5.02 Å². The Bertz CT molecular complexity index is 681. The molecule has 1 N–H and O–H groups in total. The molecule has 0 aromatic heterocycles. The van der Waals surface area contributed by atoms with E-state index in [-0.39, 0.29) is 0 Å². The van der Waals surface area contributed by atoms with Crippen molar-refractivity contribution in [2.75, 3.05) is 7.11 Å². The molecule has 0 spiro atoms. The largest absolute Gasteiger partial charge is 0.493 e. The van der Waals surface area contributed by atoms with Crippen LogP contribution >= 0.6 is 11.6 Å². The Morgan fingerprint density at radius 1 is 1.27 bits per heavy atom. The van der Waals surface area contributed by atoms with E-state index in [1.807, 2.05) is 30.3 Å². The van der Waals surface area contributed by atoms with E-state index in [2.05, 4.69) is 0 Å². The van der Waals surface area contributed by atoms with Gasteiger partial charge in [-0.2, -0.15) is 0 Å². The number of rotatable bonds is 6. The zero-order valence-corrected chi connectivity index (χ0v) is 12.7. The van der Waals surface area contributed by atoms with Crippen molar-refractivity contribution in [2.24, 2.45) is 0 Å². The molecule has 0 aliphatic heterocycles. The zero-order valence-electron chi connectivity index (χ0n) is 12.0. The third-order valence-electron chi connectivity index (χ3n) is 2.90. The molecule has 2 aromatic carbocycles. The quantitative estimate of drug-likeness (QED) is 0.817. The highest BCUT2D eigenvalue weighted by molar-refractivity contribution is 6.32. The summed E-state index contributed by atoms with van der Waals surface area (Å²) in [6.45, 7) is 0.362. The molecule has 0 aliphatic rings. The molecule has 0 heterocycles. The molecule has 0 aliphatic carbocycles. The SMILES string of the molecule is COc1cc(/C=C/C(=O)O)cc(Cl)c1OCc1ccccc1. The first-order valence-corrected chi connectivity index (χ1v) is 6.93. The Labute approximate surface area is 133 Å². The third-order valence-corrected chi connectivity index (χ3v) is 3.18. The van der Waals surface area contributed by atoms with Gasteiger partial charge in [0.25, 0.3) is 0 Å². The van der Waals surface area contributed by atoms with Crippen molar-refractivity contribution in [1.29, 1.82) is 0 Å². The maximum absolute atomic E-state index is 10.6. The second-order valence-electron chi connectivity index (χ2n) is 4.48. The standard InChI is InChI=1S/C17H15ClO4/c1-21-15-10-13(7-8-16(19)20)9-14(18)17(15)22-11-12-5-3-2-4-6-12/h2-10H,11H2,1H3,(H,19,20)/b8-7+. The summed E-state index contributed by atoms with van der Waals surface area (Å²) in [6.07, 6.45) is 2.48. The zero-order chi connectivity index (χ0) is 15.9. The fourth-order valence-electron chi connectivity index (χ4n) is 1.87. The Morgan fingerprint density at radius 3 is 2.64 bits per heavy atom. The number of benzene rings is 2. The highest BCUT2D eigenvalue weighted by atomic mass is 35.5.